The van der Waals surface area contributed by atoms with Gasteiger partial charge in [0, 0.05) is 30.3 Å². The first kappa shape index (κ1) is 31.7. The van der Waals surface area contributed by atoms with E-state index in [0.717, 1.165) is 23.6 Å². The number of quaternary nitrogens is 1. The van der Waals surface area contributed by atoms with Gasteiger partial charge in [0.2, 0.25) is 0 Å². The molecular formula is C34H42F4N3O+. The molecule has 1 aliphatic rings. The average Bonchev–Trinajstić information content (AvgIpc) is 2.93. The fourth-order valence-corrected chi connectivity index (χ4v) is 5.73. The maximum atomic E-state index is 16.4. The van der Waals surface area contributed by atoms with E-state index in [2.05, 4.69) is 38.0 Å². The molecule has 2 amide bonds. The number of aryl methyl sites for hydroxylation is 3. The van der Waals surface area contributed by atoms with Crippen molar-refractivity contribution >= 4 is 11.7 Å². The molecule has 4 rings (SSSR count). The highest BCUT2D eigenvalue weighted by Gasteiger charge is 2.49. The topological polar surface area (TPSA) is 42.0 Å². The van der Waals surface area contributed by atoms with Crippen LogP contribution in [0.1, 0.15) is 80.5 Å². The van der Waals surface area contributed by atoms with Gasteiger partial charge in [-0.1, -0.05) is 52.0 Å². The first-order valence-electron chi connectivity index (χ1n) is 14.7. The number of hydrogen-bond acceptors (Lipinski definition) is 2. The highest BCUT2D eigenvalue weighted by Crippen LogP contribution is 2.42. The van der Waals surface area contributed by atoms with E-state index in [1.807, 2.05) is 37.3 Å². The van der Waals surface area contributed by atoms with E-state index in [0.29, 0.717) is 35.3 Å². The highest BCUT2D eigenvalue weighted by molar-refractivity contribution is 5.84. The zero-order valence-electron chi connectivity index (χ0n) is 25.2. The number of urea groups is 1. The number of piperidine rings is 1. The Morgan fingerprint density at radius 1 is 1.00 bits per heavy atom. The lowest BCUT2D eigenvalue weighted by Gasteiger charge is -2.43. The molecule has 2 heterocycles. The molecule has 226 valence electrons. The van der Waals surface area contributed by atoms with Crippen LogP contribution in [0.4, 0.5) is 28.0 Å². The van der Waals surface area contributed by atoms with Gasteiger partial charge in [0.1, 0.15) is 6.54 Å². The van der Waals surface area contributed by atoms with Gasteiger partial charge in [0.05, 0.1) is 24.3 Å². The third kappa shape index (κ3) is 7.38. The van der Waals surface area contributed by atoms with Gasteiger partial charge >= 0.3 is 12.2 Å². The summed E-state index contributed by atoms with van der Waals surface area (Å²) in [5.74, 6) is 0. The zero-order chi connectivity index (χ0) is 30.8. The molecule has 1 N–H and O–H groups in total. The lowest BCUT2D eigenvalue weighted by molar-refractivity contribution is -0.869. The van der Waals surface area contributed by atoms with E-state index in [-0.39, 0.29) is 48.4 Å². The molecule has 0 spiro atoms. The number of nitrogens with one attached hydrogen (secondary N) is 1. The van der Waals surface area contributed by atoms with Crippen LogP contribution in [0.2, 0.25) is 0 Å². The van der Waals surface area contributed by atoms with Crippen LogP contribution < -0.4 is 5.32 Å². The maximum absolute atomic E-state index is 16.4. The predicted molar refractivity (Wildman–Crippen MR) is 159 cm³/mol. The molecule has 0 aliphatic carbocycles. The number of carbonyl (C=O) groups excluding carboxylic acids is 1. The maximum Gasteiger partial charge on any atom is 0.421 e. The Balaban J connectivity index is 1.70. The first-order valence-corrected chi connectivity index (χ1v) is 14.7. The second-order valence-electron chi connectivity index (χ2n) is 12.9. The number of rotatable bonds is 7. The van der Waals surface area contributed by atoms with Crippen LogP contribution in [0.25, 0.3) is 0 Å². The molecule has 0 unspecified atom stereocenters. The van der Waals surface area contributed by atoms with Crippen molar-refractivity contribution in [1.82, 2.24) is 4.98 Å². The average molecular weight is 585 g/mol. The zero-order valence-corrected chi connectivity index (χ0v) is 25.2. The molecule has 1 saturated heterocycles. The summed E-state index contributed by atoms with van der Waals surface area (Å²) in [7, 11) is 0. The Morgan fingerprint density at radius 2 is 1.67 bits per heavy atom. The Morgan fingerprint density at radius 3 is 2.24 bits per heavy atom. The second kappa shape index (κ2) is 12.2. The number of aromatic nitrogens is 1. The lowest BCUT2D eigenvalue weighted by Crippen LogP contribution is -2.60. The summed E-state index contributed by atoms with van der Waals surface area (Å²) >= 11 is 0. The number of amides is 2. The molecule has 4 nitrogen and oxygen atoms in total. The monoisotopic (exact) mass is 584 g/mol. The number of likely N-dealkylation sites (tertiary alicyclic amines) is 1. The van der Waals surface area contributed by atoms with Crippen LogP contribution in [0.15, 0.2) is 60.8 Å². The van der Waals surface area contributed by atoms with Crippen molar-refractivity contribution in [2.24, 2.45) is 5.41 Å². The van der Waals surface area contributed by atoms with Crippen LogP contribution in [0.3, 0.4) is 0 Å². The third-order valence-corrected chi connectivity index (χ3v) is 8.50. The third-order valence-electron chi connectivity index (χ3n) is 8.50. The summed E-state index contributed by atoms with van der Waals surface area (Å²) in [6, 6.07) is 14.7. The minimum absolute atomic E-state index is 0.0744. The van der Waals surface area contributed by atoms with E-state index in [1.54, 1.807) is 12.3 Å². The first-order chi connectivity index (χ1) is 19.6. The van der Waals surface area contributed by atoms with E-state index in [1.165, 1.54) is 12.1 Å². The van der Waals surface area contributed by atoms with Gasteiger partial charge in [-0.3, -0.25) is 10.3 Å². The van der Waals surface area contributed by atoms with Crippen molar-refractivity contribution in [3.8, 4) is 0 Å². The number of halogens is 4. The summed E-state index contributed by atoms with van der Waals surface area (Å²) in [5.41, 5.74) is 1.70. The van der Waals surface area contributed by atoms with Gasteiger partial charge in [0.15, 0.2) is 5.67 Å². The van der Waals surface area contributed by atoms with Crippen molar-refractivity contribution < 1.29 is 26.8 Å². The van der Waals surface area contributed by atoms with Crippen molar-refractivity contribution in [1.29, 1.82) is 0 Å². The van der Waals surface area contributed by atoms with Gasteiger partial charge < -0.3 is 0 Å². The lowest BCUT2D eigenvalue weighted by atomic mass is 9.85. The molecule has 1 fully saturated rings. The molecule has 1 aromatic heterocycles. The molecule has 42 heavy (non-hydrogen) atoms. The van der Waals surface area contributed by atoms with Gasteiger partial charge in [-0.25, -0.2) is 13.7 Å². The number of pyridine rings is 1. The van der Waals surface area contributed by atoms with Crippen LogP contribution >= 0.6 is 0 Å². The molecule has 0 atom stereocenters. The van der Waals surface area contributed by atoms with Crippen LogP contribution in [-0.4, -0.2) is 28.6 Å². The largest absolute Gasteiger partial charge is 0.421 e. The van der Waals surface area contributed by atoms with Crippen LogP contribution in [0, 0.1) is 12.3 Å². The highest BCUT2D eigenvalue weighted by atomic mass is 19.4. The van der Waals surface area contributed by atoms with Gasteiger partial charge in [-0.15, -0.1) is 0 Å². The van der Waals surface area contributed by atoms with Gasteiger partial charge in [0.25, 0.3) is 0 Å². The molecule has 0 radical (unpaired) electrons. The summed E-state index contributed by atoms with van der Waals surface area (Å²) < 4.78 is 57.4. The summed E-state index contributed by atoms with van der Waals surface area (Å²) in [5, 5.41) is 3.03. The number of anilines is 1. The number of alkyl halides is 4. The molecule has 3 aromatic rings. The standard InChI is InChI=1S/C34H41F4N3O/c1-6-25-9-13-29(14-10-25)40-31(42)41(20-17-33(35,18-21-41)30-24(2)8-7-19-39-30)23-27-11-12-28(34(36,37)38)22-26(27)15-16-32(3,4)5/h7-14,19,22H,6,15-18,20-21,23H2,1-5H3/p+1. The van der Waals surface area contributed by atoms with Crippen LogP contribution in [-0.2, 0) is 31.2 Å². The summed E-state index contributed by atoms with van der Waals surface area (Å²) in [6.07, 6.45) is -0.743. The fourth-order valence-electron chi connectivity index (χ4n) is 5.73. The van der Waals surface area contributed by atoms with E-state index in [4.69, 9.17) is 0 Å². The van der Waals surface area contributed by atoms with Crippen molar-refractivity contribution in [3.05, 3.63) is 94.3 Å². The van der Waals surface area contributed by atoms with E-state index >= 15 is 4.39 Å². The van der Waals surface area contributed by atoms with Crippen molar-refractivity contribution in [2.45, 2.75) is 85.1 Å². The normalized spacial score (nSPS) is 21.3. The van der Waals surface area contributed by atoms with Crippen molar-refractivity contribution in [3.63, 3.8) is 0 Å². The fraction of sp³-hybridized carbons (Fsp3) is 0.471. The van der Waals surface area contributed by atoms with Gasteiger partial charge in [-0.05, 0) is 78.6 Å². The van der Waals surface area contributed by atoms with E-state index in [9.17, 15) is 18.0 Å². The van der Waals surface area contributed by atoms with Crippen molar-refractivity contribution in [2.75, 3.05) is 18.4 Å². The molecule has 0 bridgehead atoms. The smallest absolute Gasteiger partial charge is 0.275 e. The molecular weight excluding hydrogens is 542 g/mol. The minimum Gasteiger partial charge on any atom is -0.275 e. The quantitative estimate of drug-likeness (QED) is 0.222. The Bertz CT molecular complexity index is 1390. The molecule has 0 saturated carbocycles. The SMILES string of the molecule is CCc1ccc(NC(=O)[N+]2(Cc3ccc(C(F)(F)F)cc3CCC(C)(C)C)CCC(F)(c3ncccc3C)CC2)cc1. The minimum atomic E-state index is -4.47. The van der Waals surface area contributed by atoms with Crippen LogP contribution in [0.5, 0.6) is 0 Å². The Labute approximate surface area is 246 Å². The second-order valence-corrected chi connectivity index (χ2v) is 12.9. The summed E-state index contributed by atoms with van der Waals surface area (Å²) in [4.78, 5) is 18.4. The predicted octanol–water partition coefficient (Wildman–Crippen LogP) is 9.16. The molecule has 2 aromatic carbocycles. The number of hydrogen-bond donors (Lipinski definition) is 1. The Hall–Kier alpha value is -3.26. The number of carbonyl (C=O) groups is 1. The molecule has 8 heteroatoms. The number of benzene rings is 2. The Kier molecular flexibility index (Phi) is 9.17. The van der Waals surface area contributed by atoms with E-state index < -0.39 is 17.4 Å². The molecule has 1 aliphatic heterocycles. The van der Waals surface area contributed by atoms with Gasteiger partial charge in [-0.2, -0.15) is 13.2 Å². The number of nitrogens with zero attached hydrogens (tertiary/aromatic N) is 2. The summed E-state index contributed by atoms with van der Waals surface area (Å²) in [6.45, 7) is 10.6.